The molecule has 4 rings (SSSR count). The van der Waals surface area contributed by atoms with Crippen molar-refractivity contribution in [2.45, 2.75) is 65.1 Å². The highest BCUT2D eigenvalue weighted by Gasteiger charge is 2.33. The van der Waals surface area contributed by atoms with Crippen LogP contribution in [0.3, 0.4) is 0 Å². The Balaban J connectivity index is 2.11. The summed E-state index contributed by atoms with van der Waals surface area (Å²) in [5.74, 6) is -1.07. The van der Waals surface area contributed by atoms with E-state index >= 15 is 0 Å². The van der Waals surface area contributed by atoms with Crippen LogP contribution in [-0.4, -0.2) is 26.6 Å². The van der Waals surface area contributed by atoms with Gasteiger partial charge >= 0.3 is 5.97 Å². The van der Waals surface area contributed by atoms with E-state index in [4.69, 9.17) is 9.72 Å². The average molecular weight is 427 g/mol. The lowest BCUT2D eigenvalue weighted by molar-refractivity contribution is -0.160. The number of carbonyl (C=O) groups is 1. The summed E-state index contributed by atoms with van der Waals surface area (Å²) in [6, 6.07) is 3.35. The van der Waals surface area contributed by atoms with Gasteiger partial charge in [-0.2, -0.15) is 0 Å². The molecular formula is C23H26N2O4S. The second-order valence-corrected chi connectivity index (χ2v) is 9.85. The lowest BCUT2D eigenvalue weighted by Crippen LogP contribution is -2.28. The van der Waals surface area contributed by atoms with E-state index in [0.717, 1.165) is 41.5 Å². The van der Waals surface area contributed by atoms with Gasteiger partial charge < -0.3 is 14.8 Å². The van der Waals surface area contributed by atoms with Crippen molar-refractivity contribution in [3.8, 4) is 11.1 Å². The zero-order chi connectivity index (χ0) is 21.6. The van der Waals surface area contributed by atoms with Crippen LogP contribution < -0.4 is 5.56 Å². The largest absolute Gasteiger partial charge is 0.479 e. The minimum atomic E-state index is -1.18. The Hall–Kier alpha value is -2.51. The Morgan fingerprint density at radius 2 is 2.03 bits per heavy atom. The lowest BCUT2D eigenvalue weighted by Gasteiger charge is -2.28. The zero-order valence-electron chi connectivity index (χ0n) is 17.7. The van der Waals surface area contributed by atoms with Crippen molar-refractivity contribution >= 4 is 27.5 Å². The van der Waals surface area contributed by atoms with Gasteiger partial charge in [-0.05, 0) is 70.6 Å². The summed E-state index contributed by atoms with van der Waals surface area (Å²) in [4.78, 5) is 34.1. The third kappa shape index (κ3) is 3.79. The first-order chi connectivity index (χ1) is 14.2. The topological polar surface area (TPSA) is 92.3 Å². The van der Waals surface area contributed by atoms with E-state index in [0.29, 0.717) is 16.8 Å². The molecule has 0 radical (unpaired) electrons. The molecule has 6 nitrogen and oxygen atoms in total. The second kappa shape index (κ2) is 7.63. The highest BCUT2D eigenvalue weighted by molar-refractivity contribution is 7.19. The van der Waals surface area contributed by atoms with E-state index < -0.39 is 17.7 Å². The number of H-pyrrole nitrogens is 1. The van der Waals surface area contributed by atoms with Crippen molar-refractivity contribution in [3.63, 3.8) is 0 Å². The SMILES string of the molecule is Cc1nc2sc3c(c2c(-c2cc[nH]c(=O)c2)c1[C@H](OC(C)(C)C)C(=O)O)CCCC3. The summed E-state index contributed by atoms with van der Waals surface area (Å²) in [5, 5.41) is 11.1. The van der Waals surface area contributed by atoms with E-state index in [-0.39, 0.29) is 5.56 Å². The number of ether oxygens (including phenoxy) is 1. The number of thiophene rings is 1. The number of hydrogen-bond donors (Lipinski definition) is 2. The van der Waals surface area contributed by atoms with Gasteiger partial charge in [0.1, 0.15) is 4.83 Å². The number of hydrogen-bond acceptors (Lipinski definition) is 5. The Labute approximate surface area is 178 Å². The van der Waals surface area contributed by atoms with Crippen LogP contribution >= 0.6 is 11.3 Å². The number of nitrogens with zero attached hydrogens (tertiary/aromatic N) is 1. The van der Waals surface area contributed by atoms with Crippen molar-refractivity contribution in [2.75, 3.05) is 0 Å². The maximum atomic E-state index is 12.3. The van der Waals surface area contributed by atoms with E-state index in [2.05, 4.69) is 4.98 Å². The predicted octanol–water partition coefficient (Wildman–Crippen LogP) is 4.78. The van der Waals surface area contributed by atoms with Gasteiger partial charge in [-0.25, -0.2) is 9.78 Å². The number of pyridine rings is 2. The van der Waals surface area contributed by atoms with Crippen molar-refractivity contribution in [1.29, 1.82) is 0 Å². The molecule has 0 spiro atoms. The van der Waals surface area contributed by atoms with Crippen molar-refractivity contribution in [3.05, 3.63) is 50.4 Å². The highest BCUT2D eigenvalue weighted by atomic mass is 32.1. The first-order valence-electron chi connectivity index (χ1n) is 10.2. The van der Waals surface area contributed by atoms with Gasteiger partial charge in [0.05, 0.1) is 5.60 Å². The molecule has 3 aromatic rings. The molecule has 1 aliphatic rings. The zero-order valence-corrected chi connectivity index (χ0v) is 18.5. The molecule has 30 heavy (non-hydrogen) atoms. The minimum Gasteiger partial charge on any atom is -0.479 e. The average Bonchev–Trinajstić information content (AvgIpc) is 3.02. The molecule has 0 aliphatic heterocycles. The summed E-state index contributed by atoms with van der Waals surface area (Å²) in [5.41, 5.74) is 2.96. The quantitative estimate of drug-likeness (QED) is 0.626. The molecular weight excluding hydrogens is 400 g/mol. The van der Waals surface area contributed by atoms with Gasteiger partial charge in [-0.3, -0.25) is 4.79 Å². The number of aromatic nitrogens is 2. The summed E-state index contributed by atoms with van der Waals surface area (Å²) in [6.07, 6.45) is 4.61. The number of nitrogens with one attached hydrogen (secondary N) is 1. The molecule has 0 saturated heterocycles. The van der Waals surface area contributed by atoms with Crippen LogP contribution in [-0.2, 0) is 22.4 Å². The third-order valence-corrected chi connectivity index (χ3v) is 6.54. The van der Waals surface area contributed by atoms with Crippen LogP contribution in [0, 0.1) is 6.92 Å². The summed E-state index contributed by atoms with van der Waals surface area (Å²) in [7, 11) is 0. The Kier molecular flexibility index (Phi) is 5.28. The molecule has 0 fully saturated rings. The molecule has 1 atom stereocenters. The Bertz CT molecular complexity index is 1190. The molecule has 3 aromatic heterocycles. The molecule has 2 N–H and O–H groups in total. The van der Waals surface area contributed by atoms with Crippen LogP contribution in [0.15, 0.2) is 23.1 Å². The van der Waals surface area contributed by atoms with Gasteiger partial charge in [0, 0.05) is 39.3 Å². The number of rotatable bonds is 4. The van der Waals surface area contributed by atoms with E-state index in [9.17, 15) is 14.7 Å². The van der Waals surface area contributed by atoms with Crippen LogP contribution in [0.5, 0.6) is 0 Å². The molecule has 3 heterocycles. The summed E-state index contributed by atoms with van der Waals surface area (Å²) < 4.78 is 6.01. The van der Waals surface area contributed by atoms with Gasteiger partial charge in [0.2, 0.25) is 5.56 Å². The molecule has 0 saturated carbocycles. The fourth-order valence-electron chi connectivity index (χ4n) is 4.22. The fourth-order valence-corrected chi connectivity index (χ4v) is 5.54. The number of aliphatic carboxylic acids is 1. The number of aromatic amines is 1. The Morgan fingerprint density at radius 1 is 1.30 bits per heavy atom. The highest BCUT2D eigenvalue weighted by Crippen LogP contribution is 2.45. The smallest absolute Gasteiger partial charge is 0.337 e. The van der Waals surface area contributed by atoms with Gasteiger partial charge in [-0.15, -0.1) is 11.3 Å². The summed E-state index contributed by atoms with van der Waals surface area (Å²) >= 11 is 1.68. The van der Waals surface area contributed by atoms with Crippen LogP contribution in [0.2, 0.25) is 0 Å². The van der Waals surface area contributed by atoms with Crippen molar-refractivity contribution < 1.29 is 14.6 Å². The van der Waals surface area contributed by atoms with Crippen LogP contribution in [0.25, 0.3) is 21.3 Å². The van der Waals surface area contributed by atoms with Crippen LogP contribution in [0.1, 0.15) is 61.4 Å². The number of fused-ring (bicyclic) bond motifs is 3. The van der Waals surface area contributed by atoms with Crippen molar-refractivity contribution in [2.24, 2.45) is 0 Å². The first-order valence-corrected chi connectivity index (χ1v) is 11.0. The first kappa shape index (κ1) is 20.8. The van der Waals surface area contributed by atoms with E-state index in [1.807, 2.05) is 33.8 Å². The normalized spacial score (nSPS) is 15.2. The number of carboxylic acids is 1. The molecule has 7 heteroatoms. The summed E-state index contributed by atoms with van der Waals surface area (Å²) in [6.45, 7) is 7.34. The molecule has 0 aromatic carbocycles. The molecule has 158 valence electrons. The second-order valence-electron chi connectivity index (χ2n) is 8.77. The Morgan fingerprint density at radius 3 is 2.70 bits per heavy atom. The number of aryl methyl sites for hydroxylation is 3. The fraction of sp³-hybridized carbons (Fsp3) is 0.435. The van der Waals surface area contributed by atoms with Gasteiger partial charge in [0.25, 0.3) is 0 Å². The van der Waals surface area contributed by atoms with E-state index in [1.165, 1.54) is 16.5 Å². The van der Waals surface area contributed by atoms with Gasteiger partial charge in [-0.1, -0.05) is 0 Å². The maximum absolute atomic E-state index is 12.3. The number of carboxylic acid groups (broad SMARTS) is 1. The van der Waals surface area contributed by atoms with Crippen molar-refractivity contribution in [1.82, 2.24) is 9.97 Å². The predicted molar refractivity (Wildman–Crippen MR) is 118 cm³/mol. The monoisotopic (exact) mass is 426 g/mol. The van der Waals surface area contributed by atoms with Crippen LogP contribution in [0.4, 0.5) is 0 Å². The standard InChI is InChI=1S/C23H26N2O4S/c1-12-17(20(22(27)28)29-23(2,3)4)18(13-9-10-24-16(26)11-13)19-14-7-5-6-8-15(14)30-21(19)25-12/h9-11,20H,5-8H2,1-4H3,(H,24,26)(H,27,28)/t20-/m0/s1. The third-order valence-electron chi connectivity index (χ3n) is 5.35. The van der Waals surface area contributed by atoms with E-state index in [1.54, 1.807) is 17.5 Å². The van der Waals surface area contributed by atoms with Gasteiger partial charge in [0.15, 0.2) is 6.10 Å². The molecule has 0 amide bonds. The molecule has 0 bridgehead atoms. The minimum absolute atomic E-state index is 0.228. The lowest BCUT2D eigenvalue weighted by atomic mass is 9.88. The maximum Gasteiger partial charge on any atom is 0.337 e. The molecule has 1 aliphatic carbocycles. The molecule has 0 unspecified atom stereocenters.